The molecule has 57 heavy (non-hydrogen) atoms. The fourth-order valence-electron chi connectivity index (χ4n) is 7.97. The lowest BCUT2D eigenvalue weighted by Gasteiger charge is -2.44. The van der Waals surface area contributed by atoms with Crippen LogP contribution in [0.3, 0.4) is 0 Å². The van der Waals surface area contributed by atoms with E-state index in [-0.39, 0.29) is 56.3 Å². The zero-order chi connectivity index (χ0) is 41.0. The van der Waals surface area contributed by atoms with Crippen molar-refractivity contribution in [2.45, 2.75) is 69.2 Å². The Kier molecular flexibility index (Phi) is 13.8. The first-order chi connectivity index (χ1) is 27.1. The van der Waals surface area contributed by atoms with Gasteiger partial charge in [-0.05, 0) is 91.3 Å². The summed E-state index contributed by atoms with van der Waals surface area (Å²) in [5.74, 6) is -3.82. The Labute approximate surface area is 338 Å². The quantitative estimate of drug-likeness (QED) is 0.319. The highest BCUT2D eigenvalue weighted by Gasteiger charge is 2.45. The minimum Gasteiger partial charge on any atom is -0.487 e. The van der Waals surface area contributed by atoms with Gasteiger partial charge in [0.25, 0.3) is 11.8 Å². The van der Waals surface area contributed by atoms with Gasteiger partial charge in [0, 0.05) is 51.8 Å². The van der Waals surface area contributed by atoms with Gasteiger partial charge in [-0.2, -0.15) is 12.7 Å². The minimum absolute atomic E-state index is 0.00564. The normalized spacial score (nSPS) is 26.5. The van der Waals surface area contributed by atoms with Crippen LogP contribution in [0.5, 0.6) is 5.75 Å². The Morgan fingerprint density at radius 3 is 2.63 bits per heavy atom. The maximum absolute atomic E-state index is 14.0. The van der Waals surface area contributed by atoms with Crippen LogP contribution in [0, 0.1) is 11.8 Å². The molecule has 0 unspecified atom stereocenters. The van der Waals surface area contributed by atoms with Gasteiger partial charge in [-0.15, -0.1) is 0 Å². The number of halogens is 3. The summed E-state index contributed by atoms with van der Waals surface area (Å²) < 4.78 is 68.8. The molecule has 4 aliphatic rings. The van der Waals surface area contributed by atoms with Gasteiger partial charge in [0.15, 0.2) is 5.60 Å². The number of hydrogen-bond donors (Lipinski definition) is 3. The molecule has 2 aromatic rings. The molecule has 1 aliphatic carbocycles. The molecule has 2 fully saturated rings. The van der Waals surface area contributed by atoms with E-state index in [0.717, 1.165) is 47.5 Å². The lowest BCUT2D eigenvalue weighted by atomic mass is 9.70. The molecule has 0 aromatic heterocycles. The molecule has 3 aliphatic heterocycles. The lowest BCUT2D eigenvalue weighted by molar-refractivity contribution is -0.148. The molecule has 0 spiro atoms. The van der Waals surface area contributed by atoms with Crippen LogP contribution in [0.25, 0.3) is 0 Å². The smallest absolute Gasteiger partial charge is 0.303 e. The summed E-state index contributed by atoms with van der Waals surface area (Å²) in [7, 11) is -1.79. The van der Waals surface area contributed by atoms with Gasteiger partial charge in [0.2, 0.25) is 5.91 Å². The van der Waals surface area contributed by atoms with E-state index in [1.807, 2.05) is 35.1 Å². The lowest BCUT2D eigenvalue weighted by Crippen LogP contribution is -2.57. The summed E-state index contributed by atoms with van der Waals surface area (Å²) >= 11 is 6.38. The number of rotatable bonds is 9. The second-order valence-electron chi connectivity index (χ2n) is 15.7. The third-order valence-corrected chi connectivity index (χ3v) is 13.3. The Bertz CT molecular complexity index is 1900. The van der Waals surface area contributed by atoms with E-state index in [1.54, 1.807) is 24.1 Å². The first kappa shape index (κ1) is 43.2. The number of nitrogens with one attached hydrogen (secondary N) is 1. The molecule has 6 rings (SSSR count). The molecule has 3 N–H and O–H groups in total. The number of aliphatic hydroxyl groups is 2. The van der Waals surface area contributed by atoms with Crippen molar-refractivity contribution in [1.82, 2.24) is 18.8 Å². The number of benzene rings is 2. The third-order valence-electron chi connectivity index (χ3n) is 11.6. The molecular formula is C40H54ClF2N5O8S. The van der Waals surface area contributed by atoms with Crippen LogP contribution in [0.4, 0.5) is 14.5 Å². The van der Waals surface area contributed by atoms with E-state index in [0.29, 0.717) is 49.1 Å². The summed E-state index contributed by atoms with van der Waals surface area (Å²) in [6.45, 7) is 0.949. The number of likely N-dealkylation sites (N-methyl/N-ethyl adjacent to an activating group) is 1. The zero-order valence-corrected chi connectivity index (χ0v) is 34.1. The number of alkyl halides is 2. The topological polar surface area (TPSA) is 152 Å². The minimum atomic E-state index is -4.51. The second-order valence-corrected chi connectivity index (χ2v) is 18.0. The Balaban J connectivity index is 1.37. The highest BCUT2D eigenvalue weighted by molar-refractivity contribution is 7.87. The van der Waals surface area contributed by atoms with Crippen molar-refractivity contribution in [3.63, 3.8) is 0 Å². The predicted molar refractivity (Wildman–Crippen MR) is 211 cm³/mol. The molecular weight excluding hydrogens is 784 g/mol. The van der Waals surface area contributed by atoms with Gasteiger partial charge in [-0.25, -0.2) is 13.5 Å². The number of likely N-dealkylation sites (tertiary alicyclic amines) is 1. The summed E-state index contributed by atoms with van der Waals surface area (Å²) in [5, 5.41) is 22.3. The predicted octanol–water partition coefficient (Wildman–Crippen LogP) is 3.71. The van der Waals surface area contributed by atoms with E-state index in [1.165, 1.54) is 18.0 Å². The van der Waals surface area contributed by atoms with Crippen molar-refractivity contribution < 1.29 is 46.5 Å². The second kappa shape index (κ2) is 18.3. The molecule has 4 atom stereocenters. The molecule has 13 nitrogen and oxygen atoms in total. The van der Waals surface area contributed by atoms with E-state index in [9.17, 15) is 37.0 Å². The third kappa shape index (κ3) is 10.4. The number of nitrogens with zero attached hydrogens (tertiary/aromatic N) is 4. The number of amides is 2. The van der Waals surface area contributed by atoms with Gasteiger partial charge >= 0.3 is 10.2 Å². The van der Waals surface area contributed by atoms with E-state index < -0.39 is 46.6 Å². The summed E-state index contributed by atoms with van der Waals surface area (Å²) in [4.78, 5) is 33.0. The monoisotopic (exact) mass is 837 g/mol. The average molecular weight is 838 g/mol. The van der Waals surface area contributed by atoms with Crippen LogP contribution < -0.4 is 14.4 Å². The zero-order valence-electron chi connectivity index (χ0n) is 32.5. The molecule has 17 heteroatoms. The largest absolute Gasteiger partial charge is 0.487 e. The molecule has 1 saturated heterocycles. The van der Waals surface area contributed by atoms with Crippen molar-refractivity contribution in [2.24, 2.45) is 11.8 Å². The summed E-state index contributed by atoms with van der Waals surface area (Å²) in [6.07, 6.45) is 7.51. The first-order valence-electron chi connectivity index (χ1n) is 19.6. The number of carbonyl (C=O) groups excluding carboxylic acids is 2. The van der Waals surface area contributed by atoms with Crippen LogP contribution in [0.1, 0.15) is 55.2 Å². The Morgan fingerprint density at radius 2 is 1.91 bits per heavy atom. The fraction of sp³-hybridized carbons (Fsp3) is 0.600. The van der Waals surface area contributed by atoms with Crippen LogP contribution in [0.15, 0.2) is 48.6 Å². The van der Waals surface area contributed by atoms with Gasteiger partial charge in [-0.3, -0.25) is 14.5 Å². The first-order valence-corrected chi connectivity index (χ1v) is 21.4. The number of anilines is 1. The van der Waals surface area contributed by atoms with Crippen LogP contribution in [0.2, 0.25) is 5.02 Å². The van der Waals surface area contributed by atoms with Crippen molar-refractivity contribution in [1.29, 1.82) is 0 Å². The Morgan fingerprint density at radius 1 is 1.12 bits per heavy atom. The van der Waals surface area contributed by atoms with Crippen LogP contribution in [-0.2, 0) is 43.2 Å². The highest BCUT2D eigenvalue weighted by Crippen LogP contribution is 2.43. The van der Waals surface area contributed by atoms with Crippen LogP contribution >= 0.6 is 11.6 Å². The maximum atomic E-state index is 14.0. The van der Waals surface area contributed by atoms with Crippen molar-refractivity contribution in [3.05, 3.63) is 70.3 Å². The number of aryl methyl sites for hydroxylation is 1. The van der Waals surface area contributed by atoms with E-state index in [4.69, 9.17) is 21.1 Å². The number of carbonyl (C=O) groups is 2. The molecule has 2 aromatic carbocycles. The van der Waals surface area contributed by atoms with Gasteiger partial charge in [0.05, 0.1) is 44.5 Å². The number of aliphatic hydroxyl groups excluding tert-OH is 1. The Hall–Kier alpha value is -3.38. The van der Waals surface area contributed by atoms with Gasteiger partial charge in [0.1, 0.15) is 12.4 Å². The molecule has 2 bridgehead atoms. The molecule has 2 amide bonds. The number of hydrogen-bond acceptors (Lipinski definition) is 10. The van der Waals surface area contributed by atoms with Crippen LogP contribution in [-0.4, -0.2) is 130 Å². The average Bonchev–Trinajstić information content (AvgIpc) is 3.16. The fourth-order valence-corrected chi connectivity index (χ4v) is 9.05. The highest BCUT2D eigenvalue weighted by atomic mass is 35.5. The molecule has 314 valence electrons. The number of ether oxygens (including phenoxy) is 2. The van der Waals surface area contributed by atoms with Gasteiger partial charge < -0.3 is 29.5 Å². The SMILES string of the molecule is CN1CC/C=C/[C@H](OCCN2CC(F)(F)C2)[C@@H]2CC[C@H]2CN2CCCCc3cc(Cl)ccc3COc3ccc(cc32)[C@@](O)(C(=O)NS(=O)(=O)N(C)CCO)CC1=O. The molecule has 3 heterocycles. The summed E-state index contributed by atoms with van der Waals surface area (Å²) in [6, 6.07) is 10.4. The van der Waals surface area contributed by atoms with Crippen molar-refractivity contribution >= 4 is 39.3 Å². The molecule has 0 radical (unpaired) electrons. The summed E-state index contributed by atoms with van der Waals surface area (Å²) in [5.41, 5.74) is -0.00642. The van der Waals surface area contributed by atoms with Gasteiger partial charge in [-0.1, -0.05) is 35.9 Å². The maximum Gasteiger partial charge on any atom is 0.303 e. The van der Waals surface area contributed by atoms with Crippen molar-refractivity contribution in [2.75, 3.05) is 78.0 Å². The van der Waals surface area contributed by atoms with E-state index >= 15 is 0 Å². The number of fused-ring (bicyclic) bond motifs is 3. The standard InChI is InChI=1S/C40H54ClF2N5O8S/c1-45-15-5-4-8-35(55-20-18-47-26-39(42,43)27-47)33-13-10-29(33)24-48-16-6-3-7-28-21-32(41)12-9-30(28)25-56-36-14-11-31(22-34(36)48)40(52,23-37(45)50)38(51)44-57(53,54)46(2)17-19-49/h4,8-9,11-12,14,21-22,29,33,35,49,52H,3,5-7,10,13,15-20,23-27H2,1-2H3,(H,44,51)/b8-4+/t29-,33+,35-,40+/m0/s1. The van der Waals surface area contributed by atoms with Crippen molar-refractivity contribution in [3.8, 4) is 5.75 Å². The molecule has 1 saturated carbocycles. The van der Waals surface area contributed by atoms with E-state index in [2.05, 4.69) is 4.90 Å².